The molecule has 0 N–H and O–H groups in total. The van der Waals surface area contributed by atoms with Gasteiger partial charge in [0.15, 0.2) is 0 Å². The second-order valence-electron chi connectivity index (χ2n) is 0.632. The maximum Gasteiger partial charge on any atom is 2.00 e. The van der Waals surface area contributed by atoms with Crippen LogP contribution in [0.1, 0.15) is 0 Å². The molecule has 0 heterocycles. The molecule has 0 saturated heterocycles. The van der Waals surface area contributed by atoms with Crippen molar-refractivity contribution in [3.63, 3.8) is 0 Å². The second kappa shape index (κ2) is 12.0. The van der Waals surface area contributed by atoms with Gasteiger partial charge in [-0.25, -0.2) is 0 Å². The van der Waals surface area contributed by atoms with Gasteiger partial charge in [0, 0.05) is 10.4 Å². The van der Waals surface area contributed by atoms with Crippen LogP contribution in [0.4, 0.5) is 0 Å². The Morgan fingerprint density at radius 2 is 1.09 bits per heavy atom. The summed E-state index contributed by atoms with van der Waals surface area (Å²) in [5, 5.41) is 14.8. The molecule has 0 aromatic rings. The van der Waals surface area contributed by atoms with Crippen molar-refractivity contribution in [1.82, 2.24) is 0 Å². The standard InChI is InChI=1S/Ca.K.NO3.H2O4S/c;;2-1(3)4;1-5(2,3)4/h;;;(H2,1,2,3,4)/q+2;+1;-1;/p-2. The Morgan fingerprint density at radius 3 is 1.09 bits per heavy atom. The first-order valence-electron chi connectivity index (χ1n) is 1.21. The molecule has 0 unspecified atom stereocenters. The van der Waals surface area contributed by atoms with E-state index in [9.17, 15) is 0 Å². The van der Waals surface area contributed by atoms with Crippen LogP contribution in [0.2, 0.25) is 0 Å². The summed E-state index contributed by atoms with van der Waals surface area (Å²) in [5.74, 6) is 0. The SMILES string of the molecule is O=S(=O)([O-])[O-].O=[N+]([O-])[O-].[Ca+2].[K+]. The van der Waals surface area contributed by atoms with Crippen LogP contribution in [0.15, 0.2) is 0 Å². The van der Waals surface area contributed by atoms with Gasteiger partial charge in [0.05, 0.1) is 5.09 Å². The molecule has 0 rings (SSSR count). The first-order chi connectivity index (χ1) is 3.73. The zero-order valence-corrected chi connectivity index (χ0v) is 11.6. The van der Waals surface area contributed by atoms with Crippen molar-refractivity contribution in [3.05, 3.63) is 15.3 Å². The van der Waals surface area contributed by atoms with Crippen LogP contribution in [-0.4, -0.2) is 60.3 Å². The number of nitrogens with zero attached hydrogens (tertiary/aromatic N) is 1. The summed E-state index contributed by atoms with van der Waals surface area (Å²) >= 11 is 0. The van der Waals surface area contributed by atoms with Gasteiger partial charge in [-0.2, -0.15) is 0 Å². The molecule has 0 fully saturated rings. The summed E-state index contributed by atoms with van der Waals surface area (Å²) in [6.45, 7) is 0. The van der Waals surface area contributed by atoms with Crippen molar-refractivity contribution in [2.75, 3.05) is 0 Å². The first kappa shape index (κ1) is 23.1. The largest absolute Gasteiger partial charge is 2.00 e. The molecule has 0 aliphatic rings. The van der Waals surface area contributed by atoms with Crippen molar-refractivity contribution < 1.29 is 74.0 Å². The molecule has 56 valence electrons. The van der Waals surface area contributed by atoms with Crippen LogP contribution < -0.4 is 51.4 Å². The third-order valence-corrected chi connectivity index (χ3v) is 0. The smallest absolute Gasteiger partial charge is 0.759 e. The molecule has 11 heavy (non-hydrogen) atoms. The predicted molar refractivity (Wildman–Crippen MR) is 26.6 cm³/mol. The van der Waals surface area contributed by atoms with Gasteiger partial charge in [-0.3, -0.25) is 8.42 Å². The third-order valence-electron chi connectivity index (χ3n) is 0. The monoisotopic (exact) mass is 237 g/mol. The molecule has 0 atom stereocenters. The number of hydrogen-bond donors (Lipinski definition) is 0. The fraction of sp³-hybridized carbons (Fsp3) is 0. The maximum absolute atomic E-state index is 8.52. The minimum Gasteiger partial charge on any atom is -0.759 e. The normalized spacial score (nSPS) is 7.45. The summed E-state index contributed by atoms with van der Waals surface area (Å²) in [5.41, 5.74) is 0. The third kappa shape index (κ3) is 307. The Labute approximate surface area is 134 Å². The molecule has 0 radical (unpaired) electrons. The first-order valence-corrected chi connectivity index (χ1v) is 2.55. The van der Waals surface area contributed by atoms with E-state index in [0.29, 0.717) is 0 Å². The van der Waals surface area contributed by atoms with E-state index in [1.807, 2.05) is 0 Å². The molecule has 0 aromatic heterocycles. The quantitative estimate of drug-likeness (QED) is 0.135. The summed E-state index contributed by atoms with van der Waals surface area (Å²) in [6.07, 6.45) is 0. The van der Waals surface area contributed by atoms with Gasteiger partial charge in [0.1, 0.15) is 0 Å². The van der Waals surface area contributed by atoms with Crippen molar-refractivity contribution in [3.8, 4) is 0 Å². The predicted octanol–water partition coefficient (Wildman–Crippen LogP) is -4.95. The zero-order chi connectivity index (χ0) is 8.08. The fourth-order valence-corrected chi connectivity index (χ4v) is 0. The van der Waals surface area contributed by atoms with Gasteiger partial charge >= 0.3 is 89.1 Å². The van der Waals surface area contributed by atoms with Crippen LogP contribution in [0, 0.1) is 15.3 Å². The van der Waals surface area contributed by atoms with Crippen LogP contribution in [0.25, 0.3) is 0 Å². The van der Waals surface area contributed by atoms with E-state index >= 15 is 0 Å². The summed E-state index contributed by atoms with van der Waals surface area (Å²) < 4.78 is 34.1. The molecule has 0 aliphatic carbocycles. The average Bonchev–Trinajstić information content (AvgIpc) is 1.19. The topological polar surface area (TPSA) is 146 Å². The molecule has 0 spiro atoms. The Hall–Kier alpha value is 1.97. The Morgan fingerprint density at radius 1 is 1.09 bits per heavy atom. The van der Waals surface area contributed by atoms with Crippen LogP contribution in [-0.2, 0) is 10.4 Å². The molecular weight excluding hydrogens is 237 g/mol. The van der Waals surface area contributed by atoms with E-state index in [-0.39, 0.29) is 89.1 Å². The van der Waals surface area contributed by atoms with Gasteiger partial charge in [0.25, 0.3) is 0 Å². The Bertz CT molecular complexity index is 161. The van der Waals surface area contributed by atoms with E-state index in [4.69, 9.17) is 32.8 Å². The minimum absolute atomic E-state index is 0. The zero-order valence-electron chi connectivity index (χ0n) is 5.42. The van der Waals surface area contributed by atoms with Gasteiger partial charge in [0.2, 0.25) is 0 Å². The van der Waals surface area contributed by atoms with Crippen molar-refractivity contribution >= 4 is 48.1 Å². The molecule has 11 heteroatoms. The molecule has 0 saturated carbocycles. The van der Waals surface area contributed by atoms with Crippen LogP contribution in [0.3, 0.4) is 0 Å². The van der Waals surface area contributed by atoms with Crippen LogP contribution >= 0.6 is 0 Å². The number of rotatable bonds is 0. The van der Waals surface area contributed by atoms with Crippen molar-refractivity contribution in [2.45, 2.75) is 0 Å². The van der Waals surface area contributed by atoms with Crippen molar-refractivity contribution in [1.29, 1.82) is 0 Å². The van der Waals surface area contributed by atoms with Crippen LogP contribution in [0.5, 0.6) is 0 Å². The number of hydrogen-bond acceptors (Lipinski definition) is 7. The van der Waals surface area contributed by atoms with Gasteiger partial charge in [-0.15, -0.1) is 0 Å². The second-order valence-corrected chi connectivity index (χ2v) is 1.45. The van der Waals surface area contributed by atoms with E-state index in [1.165, 1.54) is 0 Å². The molecule has 8 nitrogen and oxygen atoms in total. The van der Waals surface area contributed by atoms with Gasteiger partial charge in [-0.05, 0) is 0 Å². The summed E-state index contributed by atoms with van der Waals surface area (Å²) in [6, 6.07) is 0. The summed E-state index contributed by atoms with van der Waals surface area (Å²) in [7, 11) is -5.17. The molecule has 0 aromatic carbocycles. The maximum atomic E-state index is 8.52. The average molecular weight is 237 g/mol. The van der Waals surface area contributed by atoms with E-state index in [1.54, 1.807) is 0 Å². The van der Waals surface area contributed by atoms with Crippen molar-refractivity contribution in [2.24, 2.45) is 0 Å². The molecule has 0 bridgehead atoms. The minimum atomic E-state index is -5.17. The Kier molecular flexibility index (Phi) is 25.1. The van der Waals surface area contributed by atoms with Gasteiger partial charge < -0.3 is 24.4 Å². The molecule has 0 aliphatic heterocycles. The Balaban J connectivity index is -0.0000000383. The van der Waals surface area contributed by atoms with E-state index in [0.717, 1.165) is 0 Å². The van der Waals surface area contributed by atoms with E-state index < -0.39 is 15.5 Å². The molecular formula is CaKNO7S. The van der Waals surface area contributed by atoms with E-state index in [2.05, 4.69) is 0 Å². The van der Waals surface area contributed by atoms with Gasteiger partial charge in [-0.1, -0.05) is 0 Å². The summed E-state index contributed by atoms with van der Waals surface area (Å²) in [4.78, 5) is 8.25. The fourth-order valence-electron chi connectivity index (χ4n) is 0. The molecule has 0 amide bonds.